The summed E-state index contributed by atoms with van der Waals surface area (Å²) in [5, 5.41) is 6.06. The van der Waals surface area contributed by atoms with Crippen molar-refractivity contribution >= 4 is 11.8 Å². The van der Waals surface area contributed by atoms with Crippen molar-refractivity contribution in [2.24, 2.45) is 0 Å². The van der Waals surface area contributed by atoms with Gasteiger partial charge in [-0.05, 0) is 37.5 Å². The van der Waals surface area contributed by atoms with Gasteiger partial charge in [-0.15, -0.1) is 0 Å². The van der Waals surface area contributed by atoms with Gasteiger partial charge in [-0.1, -0.05) is 156 Å². The Hall–Kier alpha value is -2.04. The molecule has 0 unspecified atom stereocenters. The number of carbonyl (C=O) groups is 2. The lowest BCUT2D eigenvalue weighted by molar-refractivity contribution is 0.0937. The van der Waals surface area contributed by atoms with Gasteiger partial charge in [-0.3, -0.25) is 9.59 Å². The van der Waals surface area contributed by atoms with Gasteiger partial charge in [-0.2, -0.15) is 0 Å². The fourth-order valence-electron chi connectivity index (χ4n) is 5.51. The maximum absolute atomic E-state index is 12.9. The van der Waals surface area contributed by atoms with Gasteiger partial charge in [0, 0.05) is 18.7 Å². The molecular formula is C38H68N2O3. The third-order valence-electron chi connectivity index (χ3n) is 8.38. The molecular weight excluding hydrogens is 532 g/mol. The summed E-state index contributed by atoms with van der Waals surface area (Å²) in [6.45, 7) is 8.56. The predicted molar refractivity (Wildman–Crippen MR) is 184 cm³/mol. The Balaban J connectivity index is 2.36. The van der Waals surface area contributed by atoms with Crippen LogP contribution in [0.25, 0.3) is 0 Å². The van der Waals surface area contributed by atoms with Crippen molar-refractivity contribution in [3.8, 4) is 5.75 Å². The lowest BCUT2D eigenvalue weighted by atomic mass is 10.0. The molecule has 1 aromatic rings. The summed E-state index contributed by atoms with van der Waals surface area (Å²) in [7, 11) is 0. The minimum Gasteiger partial charge on any atom is -0.493 e. The number of carbonyl (C=O) groups excluding carboxylic acids is 2. The number of amides is 2. The number of ether oxygens (including phenoxy) is 1. The summed E-state index contributed by atoms with van der Waals surface area (Å²) in [5.74, 6) is 0.297. The molecule has 0 fully saturated rings. The second kappa shape index (κ2) is 28.7. The Morgan fingerprint density at radius 2 is 0.907 bits per heavy atom. The summed E-state index contributed by atoms with van der Waals surface area (Å²) in [4.78, 5) is 25.7. The van der Waals surface area contributed by atoms with E-state index in [1.54, 1.807) is 18.2 Å². The molecule has 0 aliphatic carbocycles. The van der Waals surface area contributed by atoms with E-state index in [0.717, 1.165) is 38.5 Å². The average Bonchev–Trinajstić information content (AvgIpc) is 3.02. The van der Waals surface area contributed by atoms with Crippen LogP contribution in [0, 0.1) is 0 Å². The molecule has 43 heavy (non-hydrogen) atoms. The molecule has 2 amide bonds. The minimum absolute atomic E-state index is 0.102. The highest BCUT2D eigenvalue weighted by Crippen LogP contribution is 2.22. The third kappa shape index (κ3) is 21.3. The highest BCUT2D eigenvalue weighted by atomic mass is 16.5. The molecule has 0 radical (unpaired) electrons. The molecule has 1 rings (SSSR count). The molecule has 0 saturated heterocycles. The molecule has 0 spiro atoms. The molecule has 0 heterocycles. The van der Waals surface area contributed by atoms with E-state index in [-0.39, 0.29) is 11.8 Å². The van der Waals surface area contributed by atoms with Gasteiger partial charge in [0.1, 0.15) is 5.75 Å². The van der Waals surface area contributed by atoms with Gasteiger partial charge in [0.05, 0.1) is 12.2 Å². The van der Waals surface area contributed by atoms with Crippen LogP contribution in [0.3, 0.4) is 0 Å². The van der Waals surface area contributed by atoms with Crippen LogP contribution in [0.5, 0.6) is 5.75 Å². The van der Waals surface area contributed by atoms with Crippen molar-refractivity contribution in [1.82, 2.24) is 10.6 Å². The molecule has 248 valence electrons. The van der Waals surface area contributed by atoms with Crippen LogP contribution in [0.4, 0.5) is 0 Å². The lowest BCUT2D eigenvalue weighted by Gasteiger charge is -2.14. The van der Waals surface area contributed by atoms with Crippen LogP contribution >= 0.6 is 0 Å². The van der Waals surface area contributed by atoms with Crippen LogP contribution in [-0.2, 0) is 0 Å². The van der Waals surface area contributed by atoms with Gasteiger partial charge in [0.2, 0.25) is 0 Å². The number of unbranched alkanes of at least 4 members (excludes halogenated alkanes) is 21. The van der Waals surface area contributed by atoms with E-state index in [0.29, 0.717) is 36.6 Å². The number of rotatable bonds is 30. The molecule has 0 aromatic heterocycles. The zero-order valence-electron chi connectivity index (χ0n) is 28.5. The summed E-state index contributed by atoms with van der Waals surface area (Å²) < 4.78 is 6.13. The van der Waals surface area contributed by atoms with Crippen LogP contribution in [0.15, 0.2) is 18.2 Å². The monoisotopic (exact) mass is 601 g/mol. The van der Waals surface area contributed by atoms with Crippen molar-refractivity contribution in [2.45, 2.75) is 175 Å². The predicted octanol–water partition coefficient (Wildman–Crippen LogP) is 10.9. The molecule has 0 bridgehead atoms. The van der Waals surface area contributed by atoms with Crippen LogP contribution in [-0.4, -0.2) is 31.5 Å². The van der Waals surface area contributed by atoms with Crippen molar-refractivity contribution in [1.29, 1.82) is 0 Å². The molecule has 0 aliphatic heterocycles. The van der Waals surface area contributed by atoms with Crippen LogP contribution in [0.2, 0.25) is 0 Å². The van der Waals surface area contributed by atoms with Gasteiger partial charge >= 0.3 is 0 Å². The van der Waals surface area contributed by atoms with Crippen molar-refractivity contribution in [2.75, 3.05) is 19.7 Å². The minimum atomic E-state index is -0.120. The Kier molecular flexibility index (Phi) is 26.0. The number of hydrogen-bond acceptors (Lipinski definition) is 3. The molecule has 0 saturated carbocycles. The first-order chi connectivity index (χ1) is 21.1. The van der Waals surface area contributed by atoms with E-state index in [9.17, 15) is 9.59 Å². The van der Waals surface area contributed by atoms with Gasteiger partial charge in [0.15, 0.2) is 0 Å². The second-order valence-electron chi connectivity index (χ2n) is 12.5. The van der Waals surface area contributed by atoms with Gasteiger partial charge in [-0.25, -0.2) is 0 Å². The van der Waals surface area contributed by atoms with Crippen molar-refractivity contribution in [3.63, 3.8) is 0 Å². The quantitative estimate of drug-likeness (QED) is 0.0863. The van der Waals surface area contributed by atoms with E-state index in [1.165, 1.54) is 116 Å². The summed E-state index contributed by atoms with van der Waals surface area (Å²) in [5.41, 5.74) is 1.07. The van der Waals surface area contributed by atoms with E-state index < -0.39 is 0 Å². The number of hydrogen-bond donors (Lipinski definition) is 2. The first kappa shape index (κ1) is 39.0. The first-order valence-corrected chi connectivity index (χ1v) is 18.5. The summed E-state index contributed by atoms with van der Waals surface area (Å²) >= 11 is 0. The molecule has 0 atom stereocenters. The van der Waals surface area contributed by atoms with E-state index in [4.69, 9.17) is 4.74 Å². The van der Waals surface area contributed by atoms with Crippen molar-refractivity contribution in [3.05, 3.63) is 29.3 Å². The molecule has 2 N–H and O–H groups in total. The Morgan fingerprint density at radius 3 is 1.37 bits per heavy atom. The molecule has 5 heteroatoms. The van der Waals surface area contributed by atoms with Gasteiger partial charge in [0.25, 0.3) is 11.8 Å². The molecule has 0 aliphatic rings. The zero-order chi connectivity index (χ0) is 31.2. The normalized spacial score (nSPS) is 11.0. The summed E-state index contributed by atoms with van der Waals surface area (Å²) in [6, 6.07) is 5.24. The lowest BCUT2D eigenvalue weighted by Crippen LogP contribution is -2.26. The van der Waals surface area contributed by atoms with Crippen molar-refractivity contribution < 1.29 is 14.3 Å². The van der Waals surface area contributed by atoms with E-state index in [1.807, 2.05) is 0 Å². The van der Waals surface area contributed by atoms with Crippen LogP contribution < -0.4 is 15.4 Å². The molecule has 5 nitrogen and oxygen atoms in total. The number of benzene rings is 1. The highest BCUT2D eigenvalue weighted by molar-refractivity contribution is 6.00. The smallest absolute Gasteiger partial charge is 0.255 e. The first-order valence-electron chi connectivity index (χ1n) is 18.5. The van der Waals surface area contributed by atoms with E-state index in [2.05, 4.69) is 31.4 Å². The SMILES string of the molecule is CCCCCCCCCCCCCCCCCCOc1cc(C(=O)NCCCCCC)ccc1C(=O)NCCCCCC. The van der Waals surface area contributed by atoms with Crippen LogP contribution in [0.1, 0.15) is 196 Å². The molecule has 1 aromatic carbocycles. The second-order valence-corrected chi connectivity index (χ2v) is 12.5. The maximum Gasteiger partial charge on any atom is 0.255 e. The Bertz CT molecular complexity index is 810. The topological polar surface area (TPSA) is 67.4 Å². The fraction of sp³-hybridized carbons (Fsp3) is 0.789. The van der Waals surface area contributed by atoms with E-state index >= 15 is 0 Å². The van der Waals surface area contributed by atoms with Gasteiger partial charge < -0.3 is 15.4 Å². The average molecular weight is 601 g/mol. The Labute approximate surface area is 266 Å². The largest absolute Gasteiger partial charge is 0.493 e. The zero-order valence-corrected chi connectivity index (χ0v) is 28.5. The maximum atomic E-state index is 12.9. The third-order valence-corrected chi connectivity index (χ3v) is 8.38. The highest BCUT2D eigenvalue weighted by Gasteiger charge is 2.16. The number of nitrogens with one attached hydrogen (secondary N) is 2. The Morgan fingerprint density at radius 1 is 0.512 bits per heavy atom. The standard InChI is InChI=1S/C38H68N2O3/c1-4-7-10-13-14-15-16-17-18-19-20-21-22-23-24-27-32-43-36-33-34(37(41)39-30-25-11-8-5-2)28-29-35(36)38(42)40-31-26-12-9-6-3/h28-29,33H,4-27,30-32H2,1-3H3,(H,39,41)(H,40,42). The summed E-state index contributed by atoms with van der Waals surface area (Å²) in [6.07, 6.45) is 30.3. The fourth-order valence-corrected chi connectivity index (χ4v) is 5.51.